The highest BCUT2D eigenvalue weighted by atomic mass is 16.2. The van der Waals surface area contributed by atoms with Gasteiger partial charge in [0.05, 0.1) is 12.3 Å². The zero-order chi connectivity index (χ0) is 20.9. The van der Waals surface area contributed by atoms with Crippen molar-refractivity contribution in [3.63, 3.8) is 0 Å². The van der Waals surface area contributed by atoms with E-state index in [9.17, 15) is 9.59 Å². The molecule has 0 radical (unpaired) electrons. The summed E-state index contributed by atoms with van der Waals surface area (Å²) in [5.41, 5.74) is 8.46. The number of hydrogen-bond donors (Lipinski definition) is 2. The van der Waals surface area contributed by atoms with Crippen molar-refractivity contribution in [1.29, 1.82) is 0 Å². The van der Waals surface area contributed by atoms with Gasteiger partial charge in [-0.1, -0.05) is 43.2 Å². The lowest BCUT2D eigenvalue weighted by atomic mass is 9.74. The molecule has 0 heterocycles. The first kappa shape index (κ1) is 21.1. The van der Waals surface area contributed by atoms with Gasteiger partial charge in [-0.05, 0) is 56.5 Å². The van der Waals surface area contributed by atoms with Crippen LogP contribution in [-0.4, -0.2) is 23.9 Å². The molecule has 1 fully saturated rings. The summed E-state index contributed by atoms with van der Waals surface area (Å²) in [4.78, 5) is 27.2. The number of benzene rings is 2. The van der Waals surface area contributed by atoms with E-state index in [1.807, 2.05) is 68.4 Å². The number of nitrogens with zero attached hydrogens (tertiary/aromatic N) is 1. The molecule has 0 bridgehead atoms. The quantitative estimate of drug-likeness (QED) is 0.775. The van der Waals surface area contributed by atoms with Crippen molar-refractivity contribution < 1.29 is 9.59 Å². The molecule has 1 saturated carbocycles. The Morgan fingerprint density at radius 2 is 1.79 bits per heavy atom. The van der Waals surface area contributed by atoms with E-state index in [-0.39, 0.29) is 17.7 Å². The molecule has 2 aromatic carbocycles. The molecule has 2 aromatic rings. The Hall–Kier alpha value is -2.66. The monoisotopic (exact) mass is 393 g/mol. The normalized spacial score (nSPS) is 21.4. The highest BCUT2D eigenvalue weighted by molar-refractivity contribution is 5.95. The van der Waals surface area contributed by atoms with Crippen molar-refractivity contribution in [1.82, 2.24) is 0 Å². The first-order valence-corrected chi connectivity index (χ1v) is 10.4. The lowest BCUT2D eigenvalue weighted by molar-refractivity contribution is -0.123. The van der Waals surface area contributed by atoms with Gasteiger partial charge in [0, 0.05) is 23.5 Å². The van der Waals surface area contributed by atoms with Crippen LogP contribution < -0.4 is 16.0 Å². The number of carbonyl (C=O) groups excluding carboxylic acids is 2. The summed E-state index contributed by atoms with van der Waals surface area (Å²) in [7, 11) is 0. The number of likely N-dealkylation sites (N-methyl/N-ethyl adjacent to an activating group) is 1. The van der Waals surface area contributed by atoms with Gasteiger partial charge >= 0.3 is 0 Å². The number of amides is 2. The molecule has 3 N–H and O–H groups in total. The van der Waals surface area contributed by atoms with E-state index >= 15 is 0 Å². The number of nitrogens with one attached hydrogen (secondary N) is 1. The summed E-state index contributed by atoms with van der Waals surface area (Å²) in [5, 5.41) is 2.99. The van der Waals surface area contributed by atoms with Gasteiger partial charge in [0.15, 0.2) is 0 Å². The zero-order valence-corrected chi connectivity index (χ0v) is 17.4. The second-order valence-corrected chi connectivity index (χ2v) is 8.14. The summed E-state index contributed by atoms with van der Waals surface area (Å²) < 4.78 is 0. The van der Waals surface area contributed by atoms with Crippen LogP contribution in [0.4, 0.5) is 11.4 Å². The van der Waals surface area contributed by atoms with E-state index in [1.165, 1.54) is 0 Å². The van der Waals surface area contributed by atoms with Crippen LogP contribution in [0.1, 0.15) is 45.1 Å². The van der Waals surface area contributed by atoms with Gasteiger partial charge in [0.25, 0.3) is 0 Å². The lowest BCUT2D eigenvalue weighted by Crippen LogP contribution is -2.51. The Balaban J connectivity index is 1.61. The maximum absolute atomic E-state index is 12.7. The molecular weight excluding hydrogens is 362 g/mol. The second kappa shape index (κ2) is 9.23. The smallest absolute Gasteiger partial charge is 0.231 e. The molecular formula is C24H31N3O2. The minimum Gasteiger partial charge on any atom is -0.326 e. The maximum atomic E-state index is 12.7. The zero-order valence-electron chi connectivity index (χ0n) is 17.4. The fourth-order valence-electron chi connectivity index (χ4n) is 4.11. The van der Waals surface area contributed by atoms with Crippen LogP contribution in [-0.2, 0) is 16.0 Å². The molecule has 0 saturated heterocycles. The summed E-state index contributed by atoms with van der Waals surface area (Å²) in [6.45, 7) is 4.56. The number of nitrogens with two attached hydrogens (primary N) is 1. The minimum atomic E-state index is -0.449. The first-order valence-electron chi connectivity index (χ1n) is 10.4. The molecule has 154 valence electrons. The van der Waals surface area contributed by atoms with Gasteiger partial charge in [-0.15, -0.1) is 0 Å². The molecule has 2 atom stereocenters. The van der Waals surface area contributed by atoms with E-state index in [1.54, 1.807) is 4.90 Å². The Labute approximate surface area is 173 Å². The lowest BCUT2D eigenvalue weighted by Gasteiger charge is -2.37. The molecule has 5 heteroatoms. The van der Waals surface area contributed by atoms with Crippen LogP contribution in [0.3, 0.4) is 0 Å². The third-order valence-corrected chi connectivity index (χ3v) is 5.83. The third-order valence-electron chi connectivity index (χ3n) is 5.83. The van der Waals surface area contributed by atoms with Crippen molar-refractivity contribution in [2.75, 3.05) is 16.8 Å². The van der Waals surface area contributed by atoms with Crippen LogP contribution in [0.25, 0.3) is 0 Å². The second-order valence-electron chi connectivity index (χ2n) is 8.14. The van der Waals surface area contributed by atoms with Gasteiger partial charge < -0.3 is 16.0 Å². The molecule has 29 heavy (non-hydrogen) atoms. The van der Waals surface area contributed by atoms with Crippen molar-refractivity contribution >= 4 is 23.2 Å². The summed E-state index contributed by atoms with van der Waals surface area (Å²) in [6, 6.07) is 17.2. The van der Waals surface area contributed by atoms with Crippen LogP contribution in [0, 0.1) is 5.92 Å². The summed E-state index contributed by atoms with van der Waals surface area (Å²) in [6.07, 6.45) is 4.15. The average molecular weight is 394 g/mol. The maximum Gasteiger partial charge on any atom is 0.231 e. The van der Waals surface area contributed by atoms with Crippen molar-refractivity contribution in [3.8, 4) is 0 Å². The average Bonchev–Trinajstić information content (AvgIpc) is 2.70. The van der Waals surface area contributed by atoms with Crippen molar-refractivity contribution in [2.24, 2.45) is 11.7 Å². The van der Waals surface area contributed by atoms with Gasteiger partial charge in [-0.2, -0.15) is 0 Å². The standard InChI is InChI=1S/C24H31N3O2/c1-3-27(20-9-5-4-6-10-20)22(28)17-18-12-14-19(15-13-18)26-23(29)21-11-7-8-16-24(21,2)25/h4-6,9-10,12-15,21H,3,7-8,11,16-17,25H2,1-2H3,(H,26,29). The Morgan fingerprint density at radius 3 is 2.41 bits per heavy atom. The van der Waals surface area contributed by atoms with E-state index in [2.05, 4.69) is 5.32 Å². The Bertz CT molecular complexity index is 831. The number of carbonyl (C=O) groups is 2. The molecule has 0 spiro atoms. The van der Waals surface area contributed by atoms with Crippen molar-refractivity contribution in [2.45, 2.75) is 51.5 Å². The largest absolute Gasteiger partial charge is 0.326 e. The molecule has 3 rings (SSSR count). The van der Waals surface area contributed by atoms with E-state index in [0.29, 0.717) is 13.0 Å². The topological polar surface area (TPSA) is 75.4 Å². The molecule has 2 unspecified atom stereocenters. The molecule has 0 aromatic heterocycles. The third kappa shape index (κ3) is 5.24. The van der Waals surface area contributed by atoms with Gasteiger partial charge in [-0.3, -0.25) is 9.59 Å². The molecule has 2 amide bonds. The fourth-order valence-corrected chi connectivity index (χ4v) is 4.11. The minimum absolute atomic E-state index is 0.0141. The molecule has 1 aliphatic carbocycles. The first-order chi connectivity index (χ1) is 13.9. The highest BCUT2D eigenvalue weighted by Gasteiger charge is 2.37. The van der Waals surface area contributed by atoms with Crippen LogP contribution >= 0.6 is 0 Å². The summed E-state index contributed by atoms with van der Waals surface area (Å²) >= 11 is 0. The molecule has 1 aliphatic rings. The number of rotatable bonds is 6. The SMILES string of the molecule is CCN(C(=O)Cc1ccc(NC(=O)C2CCCCC2(C)N)cc1)c1ccccc1. The van der Waals surface area contributed by atoms with Crippen LogP contribution in [0.2, 0.25) is 0 Å². The van der Waals surface area contributed by atoms with Gasteiger partial charge in [-0.25, -0.2) is 0 Å². The van der Waals surface area contributed by atoms with E-state index < -0.39 is 5.54 Å². The number of para-hydroxylation sites is 1. The van der Waals surface area contributed by atoms with Crippen molar-refractivity contribution in [3.05, 3.63) is 60.2 Å². The van der Waals surface area contributed by atoms with E-state index in [4.69, 9.17) is 5.73 Å². The van der Waals surface area contributed by atoms with E-state index in [0.717, 1.165) is 42.6 Å². The number of anilines is 2. The van der Waals surface area contributed by atoms with Crippen LogP contribution in [0.15, 0.2) is 54.6 Å². The Kier molecular flexibility index (Phi) is 6.70. The van der Waals surface area contributed by atoms with Gasteiger partial charge in [0.2, 0.25) is 11.8 Å². The Morgan fingerprint density at radius 1 is 1.10 bits per heavy atom. The van der Waals surface area contributed by atoms with Crippen LogP contribution in [0.5, 0.6) is 0 Å². The number of hydrogen-bond acceptors (Lipinski definition) is 3. The predicted molar refractivity (Wildman–Crippen MR) is 118 cm³/mol. The summed E-state index contributed by atoms with van der Waals surface area (Å²) in [5.74, 6) is -0.127. The highest BCUT2D eigenvalue weighted by Crippen LogP contribution is 2.32. The molecule has 5 nitrogen and oxygen atoms in total. The fraction of sp³-hybridized carbons (Fsp3) is 0.417. The van der Waals surface area contributed by atoms with Gasteiger partial charge in [0.1, 0.15) is 0 Å². The molecule has 0 aliphatic heterocycles. The predicted octanol–water partition coefficient (Wildman–Crippen LogP) is 4.13.